The lowest BCUT2D eigenvalue weighted by molar-refractivity contribution is -0.117. The van der Waals surface area contributed by atoms with Gasteiger partial charge >= 0.3 is 0 Å². The molecule has 0 bridgehead atoms. The summed E-state index contributed by atoms with van der Waals surface area (Å²) in [6, 6.07) is 15.4. The molecule has 1 N–H and O–H groups in total. The van der Waals surface area contributed by atoms with Gasteiger partial charge in [-0.1, -0.05) is 18.2 Å². The first-order chi connectivity index (χ1) is 14.2. The molecule has 4 rings (SSSR count). The first kappa shape index (κ1) is 19.2. The SMILES string of the molecule is N#C/C(=C\c1ccc(Sc2cccc3cccnc23)o1)C(=O)NC[C@H]1CCCO1. The van der Waals surface area contributed by atoms with Crippen molar-refractivity contribution < 1.29 is 13.9 Å². The van der Waals surface area contributed by atoms with Crippen LogP contribution in [0.3, 0.4) is 0 Å². The van der Waals surface area contributed by atoms with E-state index in [-0.39, 0.29) is 11.7 Å². The molecule has 1 atom stereocenters. The zero-order valence-corrected chi connectivity index (χ0v) is 16.4. The minimum atomic E-state index is -0.424. The molecule has 29 heavy (non-hydrogen) atoms. The second-order valence-electron chi connectivity index (χ2n) is 6.61. The molecule has 6 nitrogen and oxygen atoms in total. The molecule has 0 unspecified atom stereocenters. The van der Waals surface area contributed by atoms with Crippen LogP contribution in [0, 0.1) is 11.3 Å². The average Bonchev–Trinajstić information content (AvgIpc) is 3.42. The molecule has 1 aliphatic rings. The van der Waals surface area contributed by atoms with Crippen LogP contribution in [0.1, 0.15) is 18.6 Å². The Labute approximate surface area is 172 Å². The van der Waals surface area contributed by atoms with Crippen molar-refractivity contribution in [3.63, 3.8) is 0 Å². The van der Waals surface area contributed by atoms with Crippen molar-refractivity contribution in [2.75, 3.05) is 13.2 Å². The van der Waals surface area contributed by atoms with Gasteiger partial charge in [0.05, 0.1) is 11.6 Å². The van der Waals surface area contributed by atoms with Crippen LogP contribution in [-0.2, 0) is 9.53 Å². The maximum atomic E-state index is 12.3. The number of fused-ring (bicyclic) bond motifs is 1. The number of amides is 1. The van der Waals surface area contributed by atoms with Gasteiger partial charge < -0.3 is 14.5 Å². The molecule has 3 aromatic rings. The Bertz CT molecular complexity index is 1090. The summed E-state index contributed by atoms with van der Waals surface area (Å²) in [4.78, 5) is 17.7. The zero-order valence-electron chi connectivity index (χ0n) is 15.6. The van der Waals surface area contributed by atoms with Crippen molar-refractivity contribution in [1.29, 1.82) is 5.26 Å². The molecule has 0 aliphatic carbocycles. The Morgan fingerprint density at radius 3 is 3.03 bits per heavy atom. The Hall–Kier alpha value is -3.08. The number of aromatic nitrogens is 1. The Morgan fingerprint density at radius 1 is 1.31 bits per heavy atom. The average molecular weight is 405 g/mol. The molecular weight excluding hydrogens is 386 g/mol. The number of carbonyl (C=O) groups is 1. The van der Waals surface area contributed by atoms with Gasteiger partial charge in [0.15, 0.2) is 5.09 Å². The van der Waals surface area contributed by atoms with E-state index in [2.05, 4.69) is 10.3 Å². The monoisotopic (exact) mass is 405 g/mol. The standard InChI is InChI=1S/C22H19N3O3S/c23-13-16(22(26)25-14-18-6-3-11-27-18)12-17-8-9-20(28-17)29-19-7-1-4-15-5-2-10-24-21(15)19/h1-2,4-5,7-10,12,18H,3,6,11,14H2,(H,25,26)/b16-12+/t18-/m1/s1. The summed E-state index contributed by atoms with van der Waals surface area (Å²) >= 11 is 1.45. The molecule has 0 saturated carbocycles. The number of rotatable bonds is 6. The molecule has 0 spiro atoms. The van der Waals surface area contributed by atoms with Gasteiger partial charge in [-0.05, 0) is 48.9 Å². The number of ether oxygens (including phenoxy) is 1. The number of para-hydroxylation sites is 1. The lowest BCUT2D eigenvalue weighted by Crippen LogP contribution is -2.32. The molecule has 3 heterocycles. The summed E-state index contributed by atoms with van der Waals surface area (Å²) in [5.41, 5.74) is 0.903. The molecule has 1 fully saturated rings. The summed E-state index contributed by atoms with van der Waals surface area (Å²) in [5.74, 6) is 0.0244. The Morgan fingerprint density at radius 2 is 2.21 bits per heavy atom. The van der Waals surface area contributed by atoms with Crippen LogP contribution in [0.5, 0.6) is 0 Å². The Kier molecular flexibility index (Phi) is 5.94. The number of carbonyl (C=O) groups excluding carboxylic acids is 1. The van der Waals surface area contributed by atoms with Crippen molar-refractivity contribution >= 4 is 34.6 Å². The molecule has 7 heteroatoms. The first-order valence-corrected chi connectivity index (χ1v) is 10.2. The predicted octanol–water partition coefficient (Wildman–Crippen LogP) is 4.18. The summed E-state index contributed by atoms with van der Waals surface area (Å²) in [6.07, 6.45) is 5.17. The fourth-order valence-electron chi connectivity index (χ4n) is 3.13. The summed E-state index contributed by atoms with van der Waals surface area (Å²) in [7, 11) is 0. The van der Waals surface area contributed by atoms with Crippen molar-refractivity contribution in [3.05, 3.63) is 60.0 Å². The number of hydrogen-bond donors (Lipinski definition) is 1. The third-order valence-electron chi connectivity index (χ3n) is 4.57. The van der Waals surface area contributed by atoms with Crippen LogP contribution < -0.4 is 5.32 Å². The van der Waals surface area contributed by atoms with Crippen LogP contribution in [0.2, 0.25) is 0 Å². The van der Waals surface area contributed by atoms with Gasteiger partial charge in [-0.15, -0.1) is 0 Å². The topological polar surface area (TPSA) is 88.2 Å². The highest BCUT2D eigenvalue weighted by Crippen LogP contribution is 2.33. The maximum absolute atomic E-state index is 12.3. The van der Waals surface area contributed by atoms with Gasteiger partial charge in [0.2, 0.25) is 0 Å². The molecule has 0 radical (unpaired) electrons. The van der Waals surface area contributed by atoms with Gasteiger partial charge in [0.1, 0.15) is 17.4 Å². The van der Waals surface area contributed by atoms with Crippen molar-refractivity contribution in [3.8, 4) is 6.07 Å². The highest BCUT2D eigenvalue weighted by molar-refractivity contribution is 7.99. The first-order valence-electron chi connectivity index (χ1n) is 9.36. The molecule has 146 valence electrons. The van der Waals surface area contributed by atoms with Crippen LogP contribution in [0.15, 0.2) is 68.6 Å². The fraction of sp³-hybridized carbons (Fsp3) is 0.227. The van der Waals surface area contributed by atoms with E-state index in [1.165, 1.54) is 17.8 Å². The second kappa shape index (κ2) is 8.95. The van der Waals surface area contributed by atoms with Gasteiger partial charge in [-0.3, -0.25) is 9.78 Å². The maximum Gasteiger partial charge on any atom is 0.262 e. The quantitative estimate of drug-likeness (QED) is 0.489. The molecule has 1 aliphatic heterocycles. The van der Waals surface area contributed by atoms with Crippen molar-refractivity contribution in [2.45, 2.75) is 28.9 Å². The van der Waals surface area contributed by atoms with Crippen LogP contribution in [-0.4, -0.2) is 30.1 Å². The molecule has 2 aromatic heterocycles. The number of benzene rings is 1. The normalized spacial score (nSPS) is 16.7. The van der Waals surface area contributed by atoms with E-state index >= 15 is 0 Å². The lowest BCUT2D eigenvalue weighted by Gasteiger charge is -2.09. The molecule has 1 saturated heterocycles. The van der Waals surface area contributed by atoms with E-state index in [1.807, 2.05) is 42.5 Å². The third-order valence-corrected chi connectivity index (χ3v) is 5.54. The van der Waals surface area contributed by atoms with Gasteiger partial charge in [0.25, 0.3) is 5.91 Å². The van der Waals surface area contributed by atoms with Gasteiger partial charge in [0, 0.05) is 35.7 Å². The summed E-state index contributed by atoms with van der Waals surface area (Å²) in [5, 5.41) is 13.8. The number of hydrogen-bond acceptors (Lipinski definition) is 6. The lowest BCUT2D eigenvalue weighted by atomic mass is 10.2. The number of pyridine rings is 1. The van der Waals surface area contributed by atoms with Crippen molar-refractivity contribution in [2.24, 2.45) is 0 Å². The smallest absolute Gasteiger partial charge is 0.262 e. The number of nitrogens with zero attached hydrogens (tertiary/aromatic N) is 2. The van der Waals surface area contributed by atoms with E-state index in [0.29, 0.717) is 17.4 Å². The van der Waals surface area contributed by atoms with Crippen molar-refractivity contribution in [1.82, 2.24) is 10.3 Å². The van der Waals surface area contributed by atoms with E-state index in [9.17, 15) is 10.1 Å². The molecule has 1 aromatic carbocycles. The number of nitriles is 1. The van der Waals surface area contributed by atoms with Crippen LogP contribution in [0.25, 0.3) is 17.0 Å². The number of furan rings is 1. The number of nitrogens with one attached hydrogen (secondary N) is 1. The van der Waals surface area contributed by atoms with E-state index in [0.717, 1.165) is 35.2 Å². The minimum Gasteiger partial charge on any atom is -0.450 e. The zero-order chi connectivity index (χ0) is 20.1. The van der Waals surface area contributed by atoms with Gasteiger partial charge in [-0.2, -0.15) is 5.26 Å². The third kappa shape index (κ3) is 4.67. The highest BCUT2D eigenvalue weighted by atomic mass is 32.2. The fourth-order valence-corrected chi connectivity index (χ4v) is 4.04. The minimum absolute atomic E-state index is 0.000671. The summed E-state index contributed by atoms with van der Waals surface area (Å²) in [6.45, 7) is 1.13. The van der Waals surface area contributed by atoms with Gasteiger partial charge in [-0.25, -0.2) is 0 Å². The van der Waals surface area contributed by atoms with Crippen LogP contribution >= 0.6 is 11.8 Å². The second-order valence-corrected chi connectivity index (χ2v) is 7.65. The van der Waals surface area contributed by atoms with E-state index in [4.69, 9.17) is 9.15 Å². The predicted molar refractivity (Wildman–Crippen MR) is 110 cm³/mol. The molecular formula is C22H19N3O3S. The van der Waals surface area contributed by atoms with E-state index in [1.54, 1.807) is 12.3 Å². The Balaban J connectivity index is 1.45. The summed E-state index contributed by atoms with van der Waals surface area (Å²) < 4.78 is 11.3. The largest absolute Gasteiger partial charge is 0.450 e. The van der Waals surface area contributed by atoms with Crippen LogP contribution in [0.4, 0.5) is 0 Å². The van der Waals surface area contributed by atoms with E-state index < -0.39 is 5.91 Å². The molecule has 1 amide bonds. The highest BCUT2D eigenvalue weighted by Gasteiger charge is 2.18.